The van der Waals surface area contributed by atoms with Crippen LogP contribution in [0, 0.1) is 12.7 Å². The number of aromatic amines is 1. The fourth-order valence-electron chi connectivity index (χ4n) is 6.33. The summed E-state index contributed by atoms with van der Waals surface area (Å²) >= 11 is 0. The van der Waals surface area contributed by atoms with Gasteiger partial charge in [0.1, 0.15) is 11.4 Å². The largest absolute Gasteiger partial charge is 0.444 e. The lowest BCUT2D eigenvalue weighted by Gasteiger charge is -2.52. The van der Waals surface area contributed by atoms with Gasteiger partial charge in [-0.25, -0.2) is 9.18 Å². The number of ether oxygens (including phenoxy) is 1. The van der Waals surface area contributed by atoms with Gasteiger partial charge in [0.05, 0.1) is 11.9 Å². The lowest BCUT2D eigenvalue weighted by Crippen LogP contribution is -2.63. The zero-order valence-corrected chi connectivity index (χ0v) is 23.3. The monoisotopic (exact) mass is 520 g/mol. The zero-order valence-electron chi connectivity index (χ0n) is 23.3. The van der Waals surface area contributed by atoms with Crippen molar-refractivity contribution in [2.75, 3.05) is 11.9 Å². The number of carbonyl (C=O) groups excluding carboxylic acids is 1. The number of benzene rings is 1. The van der Waals surface area contributed by atoms with Crippen LogP contribution in [-0.4, -0.2) is 61.2 Å². The summed E-state index contributed by atoms with van der Waals surface area (Å²) < 4.78 is 20.7. The van der Waals surface area contributed by atoms with Crippen molar-refractivity contribution in [1.29, 1.82) is 0 Å². The minimum Gasteiger partial charge on any atom is -0.444 e. The van der Waals surface area contributed by atoms with Crippen molar-refractivity contribution >= 4 is 11.9 Å². The smallest absolute Gasteiger partial charge is 0.411 e. The normalized spacial score (nSPS) is 24.9. The van der Waals surface area contributed by atoms with E-state index < -0.39 is 5.60 Å². The van der Waals surface area contributed by atoms with Crippen molar-refractivity contribution in [1.82, 2.24) is 25.3 Å². The van der Waals surface area contributed by atoms with Gasteiger partial charge in [-0.2, -0.15) is 5.10 Å². The molecule has 0 saturated carbocycles. The van der Waals surface area contributed by atoms with Crippen LogP contribution in [0.3, 0.4) is 0 Å². The Labute approximate surface area is 223 Å². The van der Waals surface area contributed by atoms with Gasteiger partial charge < -0.3 is 9.64 Å². The molecular formula is C29H37FN6O2. The second-order valence-corrected chi connectivity index (χ2v) is 12.4. The topological polar surface area (TPSA) is 87.2 Å². The highest BCUT2D eigenvalue weighted by Gasteiger charge is 2.59. The first-order valence-electron chi connectivity index (χ1n) is 13.2. The maximum absolute atomic E-state index is 14.9. The van der Waals surface area contributed by atoms with Crippen molar-refractivity contribution in [3.05, 3.63) is 48.0 Å². The average Bonchev–Trinajstić information content (AvgIpc) is 3.42. The van der Waals surface area contributed by atoms with E-state index in [0.717, 1.165) is 37.1 Å². The van der Waals surface area contributed by atoms with Crippen LogP contribution < -0.4 is 4.90 Å². The molecule has 2 fully saturated rings. The highest BCUT2D eigenvalue weighted by atomic mass is 19.1. The van der Waals surface area contributed by atoms with Gasteiger partial charge in [0, 0.05) is 47.1 Å². The Balaban J connectivity index is 1.35. The van der Waals surface area contributed by atoms with Gasteiger partial charge in [-0.3, -0.25) is 10.00 Å². The highest BCUT2D eigenvalue weighted by molar-refractivity contribution is 5.73. The second kappa shape index (κ2) is 9.06. The third-order valence-electron chi connectivity index (χ3n) is 8.17. The number of carbonyl (C=O) groups is 1. The Morgan fingerprint density at radius 1 is 1.13 bits per heavy atom. The molecule has 9 heteroatoms. The van der Waals surface area contributed by atoms with Gasteiger partial charge in [-0.15, -0.1) is 10.2 Å². The van der Waals surface area contributed by atoms with Gasteiger partial charge >= 0.3 is 6.09 Å². The van der Waals surface area contributed by atoms with Crippen LogP contribution in [0.4, 0.5) is 15.0 Å². The minimum atomic E-state index is -0.533. The Kier molecular flexibility index (Phi) is 6.23. The number of rotatable bonds is 4. The van der Waals surface area contributed by atoms with E-state index in [9.17, 15) is 9.18 Å². The summed E-state index contributed by atoms with van der Waals surface area (Å²) in [5, 5.41) is 15.6. The zero-order chi connectivity index (χ0) is 27.5. The number of amides is 1. The van der Waals surface area contributed by atoms with Crippen LogP contribution in [0.1, 0.15) is 65.9 Å². The summed E-state index contributed by atoms with van der Waals surface area (Å²) in [6.07, 6.45) is 6.57. The van der Waals surface area contributed by atoms with E-state index in [1.807, 2.05) is 57.8 Å². The summed E-state index contributed by atoms with van der Waals surface area (Å²) in [6, 6.07) is 7.35. The molecule has 8 nitrogen and oxygen atoms in total. The lowest BCUT2D eigenvalue weighted by molar-refractivity contribution is -0.0357. The minimum absolute atomic E-state index is 0.194. The van der Waals surface area contributed by atoms with E-state index >= 15 is 0 Å². The first kappa shape index (κ1) is 26.1. The molecule has 4 heterocycles. The van der Waals surface area contributed by atoms with Crippen molar-refractivity contribution in [3.8, 4) is 22.4 Å². The molecule has 1 N–H and O–H groups in total. The quantitative estimate of drug-likeness (QED) is 0.445. The van der Waals surface area contributed by atoms with Crippen molar-refractivity contribution in [2.45, 2.75) is 89.9 Å². The van der Waals surface area contributed by atoms with Crippen LogP contribution in [0.15, 0.2) is 36.7 Å². The predicted molar refractivity (Wildman–Crippen MR) is 145 cm³/mol. The molecule has 38 heavy (non-hydrogen) atoms. The van der Waals surface area contributed by atoms with Crippen molar-refractivity contribution in [2.24, 2.45) is 0 Å². The van der Waals surface area contributed by atoms with Gasteiger partial charge in [0.25, 0.3) is 0 Å². The first-order chi connectivity index (χ1) is 17.8. The number of aryl methyl sites for hydroxylation is 1. The Bertz CT molecular complexity index is 1320. The number of anilines is 1. The molecule has 0 spiro atoms. The molecule has 2 aliphatic rings. The molecular weight excluding hydrogens is 483 g/mol. The van der Waals surface area contributed by atoms with Crippen molar-refractivity contribution in [3.63, 3.8) is 0 Å². The summed E-state index contributed by atoms with van der Waals surface area (Å²) in [5.74, 6) is 0.424. The maximum Gasteiger partial charge on any atom is 0.411 e. The Morgan fingerprint density at radius 3 is 2.37 bits per heavy atom. The van der Waals surface area contributed by atoms with Crippen LogP contribution in [0.25, 0.3) is 22.4 Å². The Morgan fingerprint density at radius 2 is 1.82 bits per heavy atom. The summed E-state index contributed by atoms with van der Waals surface area (Å²) in [5.41, 5.74) is 2.34. The number of nitrogens with zero attached hydrogens (tertiary/aromatic N) is 5. The average molecular weight is 521 g/mol. The first-order valence-corrected chi connectivity index (χ1v) is 13.2. The van der Waals surface area contributed by atoms with Crippen molar-refractivity contribution < 1.29 is 13.9 Å². The van der Waals surface area contributed by atoms with Gasteiger partial charge in [0.2, 0.25) is 0 Å². The highest BCUT2D eigenvalue weighted by Crippen LogP contribution is 2.52. The van der Waals surface area contributed by atoms with E-state index in [-0.39, 0.29) is 29.0 Å². The molecule has 1 aromatic carbocycles. The molecule has 3 aromatic rings. The molecule has 1 unspecified atom stereocenters. The number of aromatic nitrogens is 4. The summed E-state index contributed by atoms with van der Waals surface area (Å²) in [6.45, 7) is 12.0. The maximum atomic E-state index is 14.9. The van der Waals surface area contributed by atoms with Crippen LogP contribution >= 0.6 is 0 Å². The van der Waals surface area contributed by atoms with E-state index in [1.54, 1.807) is 12.4 Å². The molecule has 2 aromatic heterocycles. The third kappa shape index (κ3) is 4.63. The van der Waals surface area contributed by atoms with Gasteiger partial charge in [0.15, 0.2) is 5.82 Å². The van der Waals surface area contributed by atoms with E-state index in [2.05, 4.69) is 39.1 Å². The predicted octanol–water partition coefficient (Wildman–Crippen LogP) is 6.13. The van der Waals surface area contributed by atoms with Gasteiger partial charge in [-0.1, -0.05) is 0 Å². The standard InChI is InChI=1S/C29H37FN6O2/c1-18-12-22(19-16-31-32-17-19)23(30)13-21(18)24-8-9-25(34-33-24)35(7)20-14-28(5)10-11-29(6,15-20)36(28)26(37)38-27(2,3)4/h8-9,12-13,16-17,20H,10-11,14-15H2,1-7H3,(H,31,32)/t20?,28-,29+. The number of nitrogens with one attached hydrogen (secondary N) is 1. The number of fused-ring (bicyclic) bond motifs is 2. The molecule has 5 rings (SSSR count). The summed E-state index contributed by atoms with van der Waals surface area (Å²) in [4.78, 5) is 17.3. The van der Waals surface area contributed by atoms with E-state index in [1.165, 1.54) is 6.07 Å². The molecule has 2 bridgehead atoms. The second-order valence-electron chi connectivity index (χ2n) is 12.4. The number of H-pyrrole nitrogens is 1. The van der Waals surface area contributed by atoms with Crippen LogP contribution in [-0.2, 0) is 4.74 Å². The number of halogens is 1. The molecule has 0 radical (unpaired) electrons. The molecule has 2 saturated heterocycles. The van der Waals surface area contributed by atoms with Crippen LogP contribution in [0.5, 0.6) is 0 Å². The molecule has 3 atom stereocenters. The number of piperidine rings is 1. The number of hydrogen-bond donors (Lipinski definition) is 1. The Hall–Kier alpha value is -3.49. The molecule has 1 amide bonds. The van der Waals surface area contributed by atoms with E-state index in [4.69, 9.17) is 4.74 Å². The fourth-order valence-corrected chi connectivity index (χ4v) is 6.33. The lowest BCUT2D eigenvalue weighted by atomic mass is 9.82. The number of hydrogen-bond acceptors (Lipinski definition) is 6. The molecule has 2 aliphatic heterocycles. The molecule has 202 valence electrons. The van der Waals surface area contributed by atoms with Gasteiger partial charge in [-0.05, 0) is 97.1 Å². The van der Waals surface area contributed by atoms with E-state index in [0.29, 0.717) is 22.4 Å². The van der Waals surface area contributed by atoms with Crippen LogP contribution in [0.2, 0.25) is 0 Å². The summed E-state index contributed by atoms with van der Waals surface area (Å²) in [7, 11) is 2.04. The molecule has 0 aliphatic carbocycles. The third-order valence-corrected chi connectivity index (χ3v) is 8.17. The SMILES string of the molecule is Cc1cc(-c2cn[nH]c2)c(F)cc1-c1ccc(N(C)C2C[C@]3(C)CC[C@](C)(C2)N3C(=O)OC(C)(C)C)nn1. The fraction of sp³-hybridized carbons (Fsp3) is 0.517.